The molecule has 2 rings (SSSR count). The molecule has 0 aliphatic carbocycles. The number of hydrogen-bond acceptors (Lipinski definition) is 4. The van der Waals surface area contributed by atoms with Gasteiger partial charge in [-0.25, -0.2) is 4.79 Å². The molecule has 0 unspecified atom stereocenters. The highest BCUT2D eigenvalue weighted by atomic mass is 35.5. The van der Waals surface area contributed by atoms with E-state index in [-0.39, 0.29) is 18.2 Å². The van der Waals surface area contributed by atoms with Crippen molar-refractivity contribution in [3.8, 4) is 0 Å². The zero-order valence-corrected chi connectivity index (χ0v) is 16.9. The molecule has 0 fully saturated rings. The van der Waals surface area contributed by atoms with E-state index >= 15 is 0 Å². The molecular weight excluding hydrogens is 368 g/mol. The van der Waals surface area contributed by atoms with Crippen molar-refractivity contribution < 1.29 is 19.1 Å². The summed E-state index contributed by atoms with van der Waals surface area (Å²) in [5.74, 6) is -0.969. The normalized spacial score (nSPS) is 10.6. The summed E-state index contributed by atoms with van der Waals surface area (Å²) in [6.07, 6.45) is 0. The average Bonchev–Trinajstić information content (AvgIpc) is 2.88. The molecule has 1 aromatic heterocycles. The molecule has 0 spiro atoms. The average molecular weight is 391 g/mol. The van der Waals surface area contributed by atoms with Crippen molar-refractivity contribution in [3.05, 3.63) is 57.4 Å². The first-order valence-electron chi connectivity index (χ1n) is 8.55. The largest absolute Gasteiger partial charge is 0.464 e. The summed E-state index contributed by atoms with van der Waals surface area (Å²) in [5, 5.41) is 0.538. The fraction of sp³-hybridized carbons (Fsp3) is 0.350. The number of amides is 1. The van der Waals surface area contributed by atoms with Gasteiger partial charge in [-0.15, -0.1) is 0 Å². The van der Waals surface area contributed by atoms with Crippen molar-refractivity contribution in [1.29, 1.82) is 0 Å². The van der Waals surface area contributed by atoms with Crippen molar-refractivity contribution >= 4 is 29.3 Å². The van der Waals surface area contributed by atoms with Gasteiger partial charge in [-0.05, 0) is 50.6 Å². The van der Waals surface area contributed by atoms with Crippen LogP contribution < -0.4 is 0 Å². The molecule has 0 atom stereocenters. The molecule has 2 aromatic rings. The number of ketones is 1. The number of halogens is 1. The topological polar surface area (TPSA) is 68.6 Å². The Labute approximate surface area is 163 Å². The number of carbonyl (C=O) groups excluding carboxylic acids is 3. The molecule has 0 aliphatic heterocycles. The summed E-state index contributed by atoms with van der Waals surface area (Å²) in [6, 6.07) is 6.54. The van der Waals surface area contributed by atoms with Crippen molar-refractivity contribution in [2.75, 3.05) is 20.2 Å². The van der Waals surface area contributed by atoms with Crippen molar-refractivity contribution in [2.24, 2.45) is 7.05 Å². The van der Waals surface area contributed by atoms with Gasteiger partial charge in [0.15, 0.2) is 5.78 Å². The quantitative estimate of drug-likeness (QED) is 0.559. The number of nitrogens with zero attached hydrogens (tertiary/aromatic N) is 2. The summed E-state index contributed by atoms with van der Waals surface area (Å²) < 4.78 is 6.45. The number of hydrogen-bond donors (Lipinski definition) is 0. The Morgan fingerprint density at radius 1 is 1.15 bits per heavy atom. The Morgan fingerprint density at radius 3 is 2.26 bits per heavy atom. The summed E-state index contributed by atoms with van der Waals surface area (Å²) in [7, 11) is 3.01. The molecule has 1 amide bonds. The van der Waals surface area contributed by atoms with Gasteiger partial charge in [0.25, 0.3) is 5.91 Å². The number of likely N-dealkylation sites (N-methyl/N-ethyl adjacent to an activating group) is 1. The molecule has 1 aromatic carbocycles. The zero-order valence-electron chi connectivity index (χ0n) is 16.1. The van der Waals surface area contributed by atoms with Crippen LogP contribution in [0, 0.1) is 13.8 Å². The number of aromatic nitrogens is 1. The molecule has 27 heavy (non-hydrogen) atoms. The van der Waals surface area contributed by atoms with E-state index in [1.54, 1.807) is 49.7 Å². The molecule has 1 heterocycles. The van der Waals surface area contributed by atoms with Crippen LogP contribution in [-0.2, 0) is 11.8 Å². The molecule has 0 saturated carbocycles. The van der Waals surface area contributed by atoms with Gasteiger partial charge in [0.2, 0.25) is 0 Å². The first kappa shape index (κ1) is 20.7. The lowest BCUT2D eigenvalue weighted by molar-refractivity contribution is 0.0588. The van der Waals surface area contributed by atoms with Crippen LogP contribution in [-0.4, -0.2) is 47.3 Å². The minimum absolute atomic E-state index is 0.0791. The summed E-state index contributed by atoms with van der Waals surface area (Å²) >= 11 is 5.86. The maximum absolute atomic E-state index is 12.9. The van der Waals surface area contributed by atoms with Crippen LogP contribution in [0.2, 0.25) is 5.02 Å². The predicted molar refractivity (Wildman–Crippen MR) is 104 cm³/mol. The van der Waals surface area contributed by atoms with Gasteiger partial charge in [-0.2, -0.15) is 0 Å². The highest BCUT2D eigenvalue weighted by Crippen LogP contribution is 2.23. The second kappa shape index (κ2) is 8.39. The Balaban J connectivity index is 2.31. The maximum Gasteiger partial charge on any atom is 0.354 e. The fourth-order valence-corrected chi connectivity index (χ4v) is 3.25. The summed E-state index contributed by atoms with van der Waals surface area (Å²) in [4.78, 5) is 39.1. The van der Waals surface area contributed by atoms with Gasteiger partial charge in [0.05, 0.1) is 13.7 Å². The van der Waals surface area contributed by atoms with E-state index in [1.807, 2.05) is 6.92 Å². The van der Waals surface area contributed by atoms with Gasteiger partial charge in [0, 0.05) is 35.4 Å². The third-order valence-electron chi connectivity index (χ3n) is 4.68. The number of Topliss-reactive ketones (excluding diaryl/α,β-unsaturated/α-hetero) is 1. The van der Waals surface area contributed by atoms with E-state index in [4.69, 9.17) is 16.3 Å². The van der Waals surface area contributed by atoms with Crippen molar-refractivity contribution in [1.82, 2.24) is 9.47 Å². The third-order valence-corrected chi connectivity index (χ3v) is 4.93. The lowest BCUT2D eigenvalue weighted by atomic mass is 10.0. The van der Waals surface area contributed by atoms with Gasteiger partial charge in [-0.1, -0.05) is 11.6 Å². The van der Waals surface area contributed by atoms with Gasteiger partial charge in [0.1, 0.15) is 5.69 Å². The number of esters is 1. The molecule has 0 N–H and O–H groups in total. The Hall–Kier alpha value is -2.60. The predicted octanol–water partition coefficient (Wildman–Crippen LogP) is 3.43. The SMILES string of the molecule is CCN(CC(=O)c1c(C)c(C(=O)OC)n(C)c1C)C(=O)c1ccc(Cl)cc1. The Kier molecular flexibility index (Phi) is 6.44. The highest BCUT2D eigenvalue weighted by molar-refractivity contribution is 6.30. The first-order chi connectivity index (χ1) is 12.7. The van der Waals surface area contributed by atoms with Gasteiger partial charge >= 0.3 is 5.97 Å². The zero-order chi connectivity index (χ0) is 20.3. The van der Waals surface area contributed by atoms with Crippen LogP contribution in [0.25, 0.3) is 0 Å². The molecule has 0 saturated heterocycles. The lowest BCUT2D eigenvalue weighted by Crippen LogP contribution is -2.35. The van der Waals surface area contributed by atoms with Crippen LogP contribution in [0.3, 0.4) is 0 Å². The second-order valence-electron chi connectivity index (χ2n) is 6.23. The van der Waals surface area contributed by atoms with E-state index in [1.165, 1.54) is 12.0 Å². The van der Waals surface area contributed by atoms with Gasteiger partial charge in [-0.3, -0.25) is 9.59 Å². The first-order valence-corrected chi connectivity index (χ1v) is 8.92. The van der Waals surface area contributed by atoms with Crippen LogP contribution in [0.15, 0.2) is 24.3 Å². The molecular formula is C20H23ClN2O4. The molecule has 144 valence electrons. The molecule has 0 aliphatic rings. The standard InChI is InChI=1S/C20H23ClN2O4/c1-6-23(19(25)14-7-9-15(21)10-8-14)11-16(24)17-12(2)18(20(26)27-5)22(4)13(17)3/h7-10H,6,11H2,1-5H3. The molecule has 0 bridgehead atoms. The molecule has 0 radical (unpaired) electrons. The van der Waals surface area contributed by atoms with Crippen molar-refractivity contribution in [3.63, 3.8) is 0 Å². The monoisotopic (exact) mass is 390 g/mol. The number of benzene rings is 1. The Bertz CT molecular complexity index is 884. The lowest BCUT2D eigenvalue weighted by Gasteiger charge is -2.20. The van der Waals surface area contributed by atoms with E-state index < -0.39 is 5.97 Å². The molecule has 6 nitrogen and oxygen atoms in total. The van der Waals surface area contributed by atoms with E-state index in [2.05, 4.69) is 0 Å². The minimum atomic E-state index is -0.498. The second-order valence-corrected chi connectivity index (χ2v) is 6.67. The third kappa shape index (κ3) is 4.06. The Morgan fingerprint density at radius 2 is 1.74 bits per heavy atom. The number of ether oxygens (including phenoxy) is 1. The van der Waals surface area contributed by atoms with Crippen LogP contribution in [0.1, 0.15) is 49.4 Å². The number of carbonyl (C=O) groups is 3. The highest BCUT2D eigenvalue weighted by Gasteiger charge is 2.27. The fourth-order valence-electron chi connectivity index (χ4n) is 3.13. The van der Waals surface area contributed by atoms with Gasteiger partial charge < -0.3 is 14.2 Å². The van der Waals surface area contributed by atoms with E-state index in [0.717, 1.165) is 0 Å². The smallest absolute Gasteiger partial charge is 0.354 e. The number of rotatable bonds is 6. The van der Waals surface area contributed by atoms with E-state index in [0.29, 0.717) is 39.6 Å². The molecule has 7 heteroatoms. The summed E-state index contributed by atoms with van der Waals surface area (Å²) in [6.45, 7) is 5.59. The van der Waals surface area contributed by atoms with Crippen molar-refractivity contribution in [2.45, 2.75) is 20.8 Å². The van der Waals surface area contributed by atoms with Crippen LogP contribution >= 0.6 is 11.6 Å². The number of methoxy groups -OCH3 is 1. The van der Waals surface area contributed by atoms with Crippen LogP contribution in [0.5, 0.6) is 0 Å². The van der Waals surface area contributed by atoms with E-state index in [9.17, 15) is 14.4 Å². The minimum Gasteiger partial charge on any atom is -0.464 e. The van der Waals surface area contributed by atoms with Crippen LogP contribution in [0.4, 0.5) is 0 Å². The summed E-state index contributed by atoms with van der Waals surface area (Å²) in [5.41, 5.74) is 2.46. The maximum atomic E-state index is 12.9.